The zero-order chi connectivity index (χ0) is 16.8. The van der Waals surface area contributed by atoms with E-state index in [-0.39, 0.29) is 12.7 Å². The summed E-state index contributed by atoms with van der Waals surface area (Å²) in [6.07, 6.45) is 4.65. The fourth-order valence-electron chi connectivity index (χ4n) is 1.59. The molecule has 0 heterocycles. The highest BCUT2D eigenvalue weighted by atomic mass is 31.2. The Bertz CT molecular complexity index is 297. The smallest absolute Gasteiger partial charge is 0.329 e. The van der Waals surface area contributed by atoms with Crippen LogP contribution >= 0.6 is 8.60 Å². The first-order valence-electron chi connectivity index (χ1n) is 7.35. The van der Waals surface area contributed by atoms with Crippen LogP contribution in [0.25, 0.3) is 0 Å². The Balaban J connectivity index is 3.68. The first-order chi connectivity index (χ1) is 10.5. The summed E-state index contributed by atoms with van der Waals surface area (Å²) < 4.78 is 15.1. The zero-order valence-electron chi connectivity index (χ0n) is 13.5. The third-order valence-electron chi connectivity index (χ3n) is 2.84. The van der Waals surface area contributed by atoms with Gasteiger partial charge in [-0.15, -0.1) is 0 Å². The molecule has 0 saturated heterocycles. The Morgan fingerprint density at radius 2 is 2.09 bits per heavy atom. The number of rotatable bonds is 14. The summed E-state index contributed by atoms with van der Waals surface area (Å²) in [6, 6.07) is 0. The topological polar surface area (TPSA) is 123 Å². The Hall–Kier alpha value is -0.470. The van der Waals surface area contributed by atoms with E-state index in [1.807, 2.05) is 6.92 Å². The molecule has 0 aliphatic rings. The second-order valence-corrected chi connectivity index (χ2v) is 5.95. The summed E-state index contributed by atoms with van der Waals surface area (Å²) in [4.78, 5) is 9.08. The van der Waals surface area contributed by atoms with E-state index in [4.69, 9.17) is 30.8 Å². The van der Waals surface area contributed by atoms with Gasteiger partial charge in [-0.2, -0.15) is 0 Å². The predicted octanol–water partition coefficient (Wildman–Crippen LogP) is 0.802. The Kier molecular flexibility index (Phi) is 13.8. The largest absolute Gasteiger partial charge is 0.401 e. The number of hydrazine groups is 1. The van der Waals surface area contributed by atoms with Crippen molar-refractivity contribution in [1.29, 1.82) is 0 Å². The summed E-state index contributed by atoms with van der Waals surface area (Å²) in [7, 11) is -0.344. The predicted molar refractivity (Wildman–Crippen MR) is 86.2 cm³/mol. The van der Waals surface area contributed by atoms with Crippen molar-refractivity contribution in [2.75, 3.05) is 33.5 Å². The highest BCUT2D eigenvalue weighted by molar-refractivity contribution is 7.40. The molecule has 6 N–H and O–H groups in total. The highest BCUT2D eigenvalue weighted by Crippen LogP contribution is 2.31. The van der Waals surface area contributed by atoms with Gasteiger partial charge in [0.05, 0.1) is 25.9 Å². The van der Waals surface area contributed by atoms with Crippen LogP contribution in [0.15, 0.2) is 11.9 Å². The molecule has 0 aromatic heterocycles. The third kappa shape index (κ3) is 13.2. The molecule has 0 spiro atoms. The molecule has 9 heteroatoms. The van der Waals surface area contributed by atoms with E-state index in [2.05, 4.69) is 4.52 Å². The number of hydrogen-bond donors (Lipinski definition) is 4. The lowest BCUT2D eigenvalue weighted by Gasteiger charge is -2.17. The molecular weight excluding hydrogens is 309 g/mol. The zero-order valence-corrected chi connectivity index (χ0v) is 14.4. The van der Waals surface area contributed by atoms with Crippen molar-refractivity contribution in [1.82, 2.24) is 5.01 Å². The molecule has 0 saturated carbocycles. The monoisotopic (exact) mass is 339 g/mol. The van der Waals surface area contributed by atoms with Crippen LogP contribution in [0.4, 0.5) is 0 Å². The lowest BCUT2D eigenvalue weighted by molar-refractivity contribution is 0.0394. The van der Waals surface area contributed by atoms with Gasteiger partial charge < -0.3 is 34.5 Å². The molecule has 132 valence electrons. The number of hydrogen-bond acceptors (Lipinski definition) is 8. The van der Waals surface area contributed by atoms with E-state index in [1.165, 1.54) is 12.1 Å². The molecule has 0 radical (unpaired) electrons. The van der Waals surface area contributed by atoms with Crippen molar-refractivity contribution >= 4 is 8.60 Å². The second kappa shape index (κ2) is 14.1. The summed E-state index contributed by atoms with van der Waals surface area (Å²) in [5, 5.41) is 10.3. The molecule has 0 bridgehead atoms. The van der Waals surface area contributed by atoms with Crippen LogP contribution in [0, 0.1) is 0 Å². The quantitative estimate of drug-likeness (QED) is 0.159. The minimum absolute atomic E-state index is 0.0174. The fraction of sp³-hybridized carbons (Fsp3) is 0.846. The lowest BCUT2D eigenvalue weighted by Crippen LogP contribution is -2.31. The van der Waals surface area contributed by atoms with Crippen LogP contribution in [0.1, 0.15) is 32.6 Å². The number of aliphatic hydroxyl groups excluding tert-OH is 1. The molecular formula is C13H30N3O5P. The number of nitrogens with zero attached hydrogens (tertiary/aromatic N) is 1. The number of allylic oxidation sites excluding steroid dienone is 1. The van der Waals surface area contributed by atoms with Crippen LogP contribution in [0.2, 0.25) is 0 Å². The van der Waals surface area contributed by atoms with E-state index in [0.29, 0.717) is 38.3 Å². The molecule has 0 amide bonds. The molecule has 0 aliphatic carbocycles. The minimum Gasteiger partial charge on any atom is -0.401 e. The van der Waals surface area contributed by atoms with Crippen LogP contribution in [-0.2, 0) is 13.8 Å². The van der Waals surface area contributed by atoms with Crippen LogP contribution in [0.3, 0.4) is 0 Å². The van der Waals surface area contributed by atoms with Crippen LogP contribution in [-0.4, -0.2) is 54.6 Å². The SMILES string of the molecule is COP(O)OCCCC/C(N)=C/N(N)CCOC(C)CCO. The van der Waals surface area contributed by atoms with Crippen molar-refractivity contribution in [3.63, 3.8) is 0 Å². The number of ether oxygens (including phenoxy) is 1. The van der Waals surface area contributed by atoms with Gasteiger partial charge in [0.25, 0.3) is 0 Å². The number of aliphatic hydroxyl groups is 1. The Labute approximate surface area is 134 Å². The first kappa shape index (κ1) is 21.5. The lowest BCUT2D eigenvalue weighted by atomic mass is 10.2. The van der Waals surface area contributed by atoms with E-state index in [9.17, 15) is 0 Å². The number of nitrogens with two attached hydrogens (primary N) is 2. The van der Waals surface area contributed by atoms with E-state index in [0.717, 1.165) is 12.8 Å². The summed E-state index contributed by atoms with van der Waals surface area (Å²) >= 11 is 0. The molecule has 0 aromatic carbocycles. The van der Waals surface area contributed by atoms with Crippen molar-refractivity contribution in [2.24, 2.45) is 11.6 Å². The van der Waals surface area contributed by atoms with Crippen molar-refractivity contribution in [2.45, 2.75) is 38.7 Å². The molecule has 2 atom stereocenters. The maximum atomic E-state index is 9.08. The van der Waals surface area contributed by atoms with Crippen molar-refractivity contribution in [3.05, 3.63) is 11.9 Å². The summed E-state index contributed by atoms with van der Waals surface area (Å²) in [6.45, 7) is 3.47. The van der Waals surface area contributed by atoms with Gasteiger partial charge in [0.15, 0.2) is 0 Å². The van der Waals surface area contributed by atoms with Gasteiger partial charge in [-0.25, -0.2) is 5.84 Å². The summed E-state index contributed by atoms with van der Waals surface area (Å²) in [5.74, 6) is 5.80. The average Bonchev–Trinajstić information content (AvgIpc) is 2.46. The Morgan fingerprint density at radius 1 is 1.36 bits per heavy atom. The normalized spacial score (nSPS) is 14.9. The highest BCUT2D eigenvalue weighted by Gasteiger charge is 2.04. The van der Waals surface area contributed by atoms with E-state index in [1.54, 1.807) is 6.20 Å². The fourth-order valence-corrected chi connectivity index (χ4v) is 1.98. The number of unbranched alkanes of at least 4 members (excludes halogenated alkanes) is 1. The maximum absolute atomic E-state index is 9.08. The molecule has 0 aromatic rings. The molecule has 0 rings (SSSR count). The molecule has 8 nitrogen and oxygen atoms in total. The molecule has 22 heavy (non-hydrogen) atoms. The van der Waals surface area contributed by atoms with E-state index < -0.39 is 8.60 Å². The van der Waals surface area contributed by atoms with Gasteiger partial charge in [0.1, 0.15) is 0 Å². The minimum atomic E-state index is -1.74. The molecule has 0 fully saturated rings. The molecule has 0 aliphatic heterocycles. The van der Waals surface area contributed by atoms with Crippen LogP contribution < -0.4 is 11.6 Å². The van der Waals surface area contributed by atoms with Gasteiger partial charge in [-0.1, -0.05) is 0 Å². The third-order valence-corrected chi connectivity index (χ3v) is 3.55. The standard InChI is InChI=1S/C13H30N3O5P/c1-12(6-8-17)20-10-7-16(15)11-13(14)5-3-4-9-21-22(18)19-2/h11-12,17-18H,3-10,14-15H2,1-2H3/b13-11-. The van der Waals surface area contributed by atoms with Crippen LogP contribution in [0.5, 0.6) is 0 Å². The van der Waals surface area contributed by atoms with Gasteiger partial charge in [0.2, 0.25) is 0 Å². The first-order valence-corrected chi connectivity index (χ1v) is 8.48. The van der Waals surface area contributed by atoms with Gasteiger partial charge in [0, 0.05) is 25.6 Å². The second-order valence-electron chi connectivity index (χ2n) is 4.85. The van der Waals surface area contributed by atoms with Gasteiger partial charge in [-0.3, -0.25) is 0 Å². The molecule has 2 unspecified atom stereocenters. The summed E-state index contributed by atoms with van der Waals surface area (Å²) in [5.41, 5.74) is 6.56. The van der Waals surface area contributed by atoms with Gasteiger partial charge in [-0.05, 0) is 32.6 Å². The van der Waals surface area contributed by atoms with Crippen molar-refractivity contribution in [3.8, 4) is 0 Å². The Morgan fingerprint density at radius 3 is 2.73 bits per heavy atom. The van der Waals surface area contributed by atoms with E-state index >= 15 is 0 Å². The van der Waals surface area contributed by atoms with Gasteiger partial charge >= 0.3 is 8.60 Å². The van der Waals surface area contributed by atoms with Crippen molar-refractivity contribution < 1.29 is 23.8 Å². The average molecular weight is 339 g/mol. The maximum Gasteiger partial charge on any atom is 0.329 e.